The molecule has 0 unspecified atom stereocenters. The maximum absolute atomic E-state index is 6.12. The molecule has 0 saturated carbocycles. The zero-order valence-corrected chi connectivity index (χ0v) is 16.2. The fourth-order valence-corrected chi connectivity index (χ4v) is 3.38. The maximum atomic E-state index is 6.12. The van der Waals surface area contributed by atoms with Gasteiger partial charge in [-0.1, -0.05) is 32.1 Å². The summed E-state index contributed by atoms with van der Waals surface area (Å²) in [6, 6.07) is 8.46. The first kappa shape index (κ1) is 19.1. The Hall–Kier alpha value is -1.65. The molecule has 1 fully saturated rings. The standard InChI is InChI=1S/C22H31NO3/c1-5-6-7-8-19-13-25-22(26-16(19)4)18-11-9-17(10-12-18)21-23-20(14-24-21)15(2)3/h5,9-12,15-16,19-20,22H,1,6-8,13-14H2,2-4H3/t16-,19+,20+,22+/m1/s1. The van der Waals surface area contributed by atoms with E-state index in [0.29, 0.717) is 18.4 Å². The van der Waals surface area contributed by atoms with Crippen molar-refractivity contribution in [3.63, 3.8) is 0 Å². The van der Waals surface area contributed by atoms with Crippen LogP contribution in [0.25, 0.3) is 0 Å². The molecule has 0 radical (unpaired) electrons. The lowest BCUT2D eigenvalue weighted by molar-refractivity contribution is -0.237. The predicted molar refractivity (Wildman–Crippen MR) is 104 cm³/mol. The van der Waals surface area contributed by atoms with Gasteiger partial charge in [0.15, 0.2) is 6.29 Å². The molecule has 2 aliphatic heterocycles. The molecule has 142 valence electrons. The van der Waals surface area contributed by atoms with Crippen molar-refractivity contribution in [2.24, 2.45) is 16.8 Å². The number of hydrogen-bond acceptors (Lipinski definition) is 4. The highest BCUT2D eigenvalue weighted by Gasteiger charge is 2.29. The molecule has 1 saturated heterocycles. The fourth-order valence-electron chi connectivity index (χ4n) is 3.38. The summed E-state index contributed by atoms with van der Waals surface area (Å²) in [5.74, 6) is 1.70. The summed E-state index contributed by atoms with van der Waals surface area (Å²) in [6.07, 6.45) is 5.20. The van der Waals surface area contributed by atoms with Crippen molar-refractivity contribution in [2.45, 2.75) is 58.5 Å². The molecule has 0 N–H and O–H groups in total. The molecule has 4 atom stereocenters. The van der Waals surface area contributed by atoms with Gasteiger partial charge in [-0.15, -0.1) is 6.58 Å². The SMILES string of the molecule is C=CCCC[C@H]1CO[C@H](c2ccc(C3=N[C@H](C(C)C)CO3)cc2)O[C@@H]1C. The highest BCUT2D eigenvalue weighted by atomic mass is 16.7. The molecule has 0 spiro atoms. The van der Waals surface area contributed by atoms with Gasteiger partial charge in [-0.2, -0.15) is 0 Å². The molecule has 0 aliphatic carbocycles. The van der Waals surface area contributed by atoms with Crippen LogP contribution in [0.15, 0.2) is 41.9 Å². The number of aliphatic imine (C=N–C) groups is 1. The normalized spacial score (nSPS) is 28.7. The number of rotatable bonds is 7. The molecular formula is C22H31NO3. The Morgan fingerprint density at radius 1 is 1.23 bits per heavy atom. The van der Waals surface area contributed by atoms with Crippen molar-refractivity contribution >= 4 is 5.90 Å². The maximum Gasteiger partial charge on any atom is 0.216 e. The largest absolute Gasteiger partial charge is 0.475 e. The highest BCUT2D eigenvalue weighted by molar-refractivity contribution is 5.95. The average Bonchev–Trinajstić information content (AvgIpc) is 3.14. The molecule has 0 amide bonds. The van der Waals surface area contributed by atoms with Crippen LogP contribution >= 0.6 is 0 Å². The van der Waals surface area contributed by atoms with E-state index in [1.807, 2.05) is 18.2 Å². The number of hydrogen-bond donors (Lipinski definition) is 0. The van der Waals surface area contributed by atoms with Gasteiger partial charge >= 0.3 is 0 Å². The van der Waals surface area contributed by atoms with E-state index in [0.717, 1.165) is 42.9 Å². The quantitative estimate of drug-likeness (QED) is 0.515. The first-order chi connectivity index (χ1) is 12.6. The molecule has 0 aromatic heterocycles. The lowest BCUT2D eigenvalue weighted by Crippen LogP contribution is -2.34. The fraction of sp³-hybridized carbons (Fsp3) is 0.591. The van der Waals surface area contributed by atoms with E-state index in [2.05, 4.69) is 44.5 Å². The van der Waals surface area contributed by atoms with Crippen LogP contribution in [0.1, 0.15) is 57.5 Å². The van der Waals surface area contributed by atoms with Crippen molar-refractivity contribution in [1.29, 1.82) is 0 Å². The summed E-state index contributed by atoms with van der Waals surface area (Å²) in [4.78, 5) is 4.68. The Morgan fingerprint density at radius 2 is 2.00 bits per heavy atom. The molecule has 4 heteroatoms. The lowest BCUT2D eigenvalue weighted by Gasteiger charge is -2.35. The van der Waals surface area contributed by atoms with E-state index < -0.39 is 0 Å². The van der Waals surface area contributed by atoms with Gasteiger partial charge < -0.3 is 14.2 Å². The van der Waals surface area contributed by atoms with Crippen LogP contribution in [0, 0.1) is 11.8 Å². The molecule has 0 bridgehead atoms. The van der Waals surface area contributed by atoms with Crippen molar-refractivity contribution < 1.29 is 14.2 Å². The first-order valence-electron chi connectivity index (χ1n) is 9.77. The average molecular weight is 357 g/mol. The third-order valence-corrected chi connectivity index (χ3v) is 5.32. The van der Waals surface area contributed by atoms with Crippen LogP contribution in [0.3, 0.4) is 0 Å². The summed E-state index contributed by atoms with van der Waals surface area (Å²) >= 11 is 0. The van der Waals surface area contributed by atoms with Gasteiger partial charge in [0, 0.05) is 17.0 Å². The van der Waals surface area contributed by atoms with Crippen molar-refractivity contribution in [2.75, 3.05) is 13.2 Å². The third kappa shape index (κ3) is 4.54. The van der Waals surface area contributed by atoms with E-state index in [1.54, 1.807) is 0 Å². The van der Waals surface area contributed by atoms with E-state index in [-0.39, 0.29) is 18.4 Å². The van der Waals surface area contributed by atoms with Crippen LogP contribution in [0.4, 0.5) is 0 Å². The molecule has 2 heterocycles. The van der Waals surface area contributed by atoms with Crippen LogP contribution in [0.5, 0.6) is 0 Å². The van der Waals surface area contributed by atoms with Crippen LogP contribution in [0.2, 0.25) is 0 Å². The summed E-state index contributed by atoms with van der Waals surface area (Å²) in [5, 5.41) is 0. The van der Waals surface area contributed by atoms with Crippen molar-refractivity contribution in [3.8, 4) is 0 Å². The highest BCUT2D eigenvalue weighted by Crippen LogP contribution is 2.31. The molecule has 26 heavy (non-hydrogen) atoms. The van der Waals surface area contributed by atoms with Gasteiger partial charge in [0.2, 0.25) is 5.90 Å². The Kier molecular flexibility index (Phi) is 6.49. The monoisotopic (exact) mass is 357 g/mol. The lowest BCUT2D eigenvalue weighted by atomic mass is 9.96. The van der Waals surface area contributed by atoms with Crippen LogP contribution < -0.4 is 0 Å². The Morgan fingerprint density at radius 3 is 2.62 bits per heavy atom. The van der Waals surface area contributed by atoms with E-state index >= 15 is 0 Å². The minimum absolute atomic E-state index is 0.201. The second-order valence-corrected chi connectivity index (χ2v) is 7.66. The van der Waals surface area contributed by atoms with Gasteiger partial charge in [-0.3, -0.25) is 0 Å². The second-order valence-electron chi connectivity index (χ2n) is 7.66. The Bertz CT molecular complexity index is 623. The Labute approximate surface area is 157 Å². The van der Waals surface area contributed by atoms with Crippen molar-refractivity contribution in [3.05, 3.63) is 48.0 Å². The van der Waals surface area contributed by atoms with Crippen LogP contribution in [-0.4, -0.2) is 31.3 Å². The number of ether oxygens (including phenoxy) is 3. The van der Waals surface area contributed by atoms with Gasteiger partial charge in [-0.05, 0) is 44.2 Å². The minimum Gasteiger partial charge on any atom is -0.475 e. The van der Waals surface area contributed by atoms with Gasteiger partial charge in [0.05, 0.1) is 18.8 Å². The third-order valence-electron chi connectivity index (χ3n) is 5.32. The number of nitrogens with zero attached hydrogens (tertiary/aromatic N) is 1. The second kappa shape index (κ2) is 8.83. The summed E-state index contributed by atoms with van der Waals surface area (Å²) in [7, 11) is 0. The first-order valence-corrected chi connectivity index (χ1v) is 9.77. The summed E-state index contributed by atoms with van der Waals surface area (Å²) in [5.41, 5.74) is 2.06. The van der Waals surface area contributed by atoms with E-state index in [9.17, 15) is 0 Å². The summed E-state index contributed by atoms with van der Waals surface area (Å²) in [6.45, 7) is 11.7. The molecule has 2 aliphatic rings. The van der Waals surface area contributed by atoms with Crippen molar-refractivity contribution in [1.82, 2.24) is 0 Å². The topological polar surface area (TPSA) is 40.0 Å². The zero-order valence-electron chi connectivity index (χ0n) is 16.2. The van der Waals surface area contributed by atoms with E-state index in [1.165, 1.54) is 0 Å². The minimum atomic E-state index is -0.287. The molecular weight excluding hydrogens is 326 g/mol. The van der Waals surface area contributed by atoms with Gasteiger partial charge in [0.25, 0.3) is 0 Å². The number of unbranched alkanes of at least 4 members (excludes halogenated alkanes) is 1. The number of benzene rings is 1. The zero-order chi connectivity index (χ0) is 18.5. The molecule has 4 nitrogen and oxygen atoms in total. The van der Waals surface area contributed by atoms with Gasteiger partial charge in [0.1, 0.15) is 6.61 Å². The molecule has 3 rings (SSSR count). The van der Waals surface area contributed by atoms with E-state index in [4.69, 9.17) is 14.2 Å². The Balaban J connectivity index is 1.58. The predicted octanol–water partition coefficient (Wildman–Crippen LogP) is 4.89. The summed E-state index contributed by atoms with van der Waals surface area (Å²) < 4.78 is 17.9. The smallest absolute Gasteiger partial charge is 0.216 e. The molecule has 1 aromatic carbocycles. The van der Waals surface area contributed by atoms with Crippen LogP contribution in [-0.2, 0) is 14.2 Å². The molecule has 1 aromatic rings. The van der Waals surface area contributed by atoms with Gasteiger partial charge in [-0.25, -0.2) is 4.99 Å². The number of allylic oxidation sites excluding steroid dienone is 1.